The number of anilines is 1. The smallest absolute Gasteiger partial charge is 0.251 e. The zero-order valence-corrected chi connectivity index (χ0v) is 20.1. The van der Waals surface area contributed by atoms with Gasteiger partial charge in [0.25, 0.3) is 5.91 Å². The Morgan fingerprint density at radius 1 is 0.943 bits per heavy atom. The topological polar surface area (TPSA) is 99.2 Å². The fraction of sp³-hybridized carbons (Fsp3) is 0.429. The molecule has 2 aliphatic carbocycles. The Bertz CT molecular complexity index is 1200. The number of amides is 2. The summed E-state index contributed by atoms with van der Waals surface area (Å²) in [6, 6.07) is 13.9. The number of rotatable bonds is 6. The molecule has 3 N–H and O–H groups in total. The van der Waals surface area contributed by atoms with E-state index in [1.807, 2.05) is 42.5 Å². The summed E-state index contributed by atoms with van der Waals surface area (Å²) in [7, 11) is 0. The van der Waals surface area contributed by atoms with Crippen molar-refractivity contribution in [2.45, 2.75) is 69.9 Å². The number of imidazole rings is 1. The molecule has 0 radical (unpaired) electrons. The molecule has 7 heteroatoms. The van der Waals surface area contributed by atoms with Crippen molar-refractivity contribution in [2.75, 3.05) is 5.32 Å². The van der Waals surface area contributed by atoms with Crippen LogP contribution in [0.15, 0.2) is 47.5 Å². The molecular weight excluding hydrogens is 438 g/mol. The zero-order valence-electron chi connectivity index (χ0n) is 20.1. The van der Waals surface area contributed by atoms with Gasteiger partial charge in [-0.1, -0.05) is 31.4 Å². The maximum absolute atomic E-state index is 12.7. The van der Waals surface area contributed by atoms with Crippen LogP contribution in [0.3, 0.4) is 0 Å². The van der Waals surface area contributed by atoms with E-state index in [2.05, 4.69) is 27.3 Å². The van der Waals surface area contributed by atoms with Crippen molar-refractivity contribution in [3.63, 3.8) is 0 Å². The minimum Gasteiger partial charge on any atom is -0.349 e. The van der Waals surface area contributed by atoms with Gasteiger partial charge < -0.3 is 15.6 Å². The molecule has 0 aliphatic heterocycles. The number of nitrogens with one attached hydrogen (secondary N) is 3. The van der Waals surface area contributed by atoms with Gasteiger partial charge in [-0.15, -0.1) is 0 Å². The van der Waals surface area contributed by atoms with E-state index in [0.717, 1.165) is 66.6 Å². The summed E-state index contributed by atoms with van der Waals surface area (Å²) in [6.45, 7) is 3.63. The molecule has 0 atom stereocenters. The van der Waals surface area contributed by atoms with Crippen LogP contribution in [0.2, 0.25) is 0 Å². The maximum atomic E-state index is 12.7. The molecule has 2 amide bonds. The van der Waals surface area contributed by atoms with Crippen LogP contribution in [-0.4, -0.2) is 40.6 Å². The summed E-state index contributed by atoms with van der Waals surface area (Å²) >= 11 is 0. The predicted octanol–water partition coefficient (Wildman–Crippen LogP) is 5.49. The van der Waals surface area contributed by atoms with E-state index < -0.39 is 0 Å². The van der Waals surface area contributed by atoms with Crippen molar-refractivity contribution in [3.05, 3.63) is 48.0 Å². The molecular formula is C28H33N5O2. The van der Waals surface area contributed by atoms with E-state index in [-0.39, 0.29) is 17.7 Å². The molecule has 0 bridgehead atoms. The molecule has 5 rings (SSSR count). The first kappa shape index (κ1) is 23.3. The number of hydrogen-bond acceptors (Lipinski definition) is 4. The molecule has 2 fully saturated rings. The highest BCUT2D eigenvalue weighted by Crippen LogP contribution is 2.28. The van der Waals surface area contributed by atoms with Crippen LogP contribution in [0.25, 0.3) is 22.4 Å². The van der Waals surface area contributed by atoms with E-state index in [0.29, 0.717) is 17.6 Å². The van der Waals surface area contributed by atoms with Crippen LogP contribution in [-0.2, 0) is 4.79 Å². The van der Waals surface area contributed by atoms with Crippen molar-refractivity contribution < 1.29 is 9.59 Å². The van der Waals surface area contributed by atoms with Crippen molar-refractivity contribution in [2.24, 2.45) is 10.9 Å². The molecule has 35 heavy (non-hydrogen) atoms. The van der Waals surface area contributed by atoms with E-state index in [9.17, 15) is 9.59 Å². The fourth-order valence-electron chi connectivity index (χ4n) is 5.28. The number of benzene rings is 2. The normalized spacial score (nSPS) is 20.9. The molecule has 0 spiro atoms. The van der Waals surface area contributed by atoms with Crippen molar-refractivity contribution in [3.8, 4) is 11.4 Å². The third-order valence-electron chi connectivity index (χ3n) is 7.44. The quantitative estimate of drug-likeness (QED) is 0.415. The zero-order chi connectivity index (χ0) is 24.2. The lowest BCUT2D eigenvalue weighted by Crippen LogP contribution is -2.36. The SMILES string of the molecule is C=NC1CCC(C(=O)Nc2ccc3nc(-c4ccc(C(=O)NC5CCCCC5)cc4)[nH]c3c2)CC1. The van der Waals surface area contributed by atoms with Gasteiger partial charge in [0.15, 0.2) is 0 Å². The molecule has 2 aromatic carbocycles. The Balaban J connectivity index is 1.23. The summed E-state index contributed by atoms with van der Waals surface area (Å²) in [5.74, 6) is 0.809. The summed E-state index contributed by atoms with van der Waals surface area (Å²) in [5.41, 5.74) is 4.02. The third-order valence-corrected chi connectivity index (χ3v) is 7.44. The molecule has 2 saturated carbocycles. The summed E-state index contributed by atoms with van der Waals surface area (Å²) in [5, 5.41) is 6.22. The van der Waals surface area contributed by atoms with Crippen LogP contribution in [0, 0.1) is 5.92 Å². The van der Waals surface area contributed by atoms with E-state index in [4.69, 9.17) is 4.98 Å². The van der Waals surface area contributed by atoms with Crippen LogP contribution < -0.4 is 10.6 Å². The lowest BCUT2D eigenvalue weighted by atomic mass is 9.86. The van der Waals surface area contributed by atoms with Crippen LogP contribution in [0.4, 0.5) is 5.69 Å². The number of carbonyl (C=O) groups excluding carboxylic acids is 2. The average molecular weight is 472 g/mol. The minimum absolute atomic E-state index is 0.0114. The number of nitrogens with zero attached hydrogens (tertiary/aromatic N) is 2. The Kier molecular flexibility index (Phi) is 6.93. The van der Waals surface area contributed by atoms with Crippen LogP contribution >= 0.6 is 0 Å². The Hall–Kier alpha value is -3.48. The minimum atomic E-state index is -0.0114. The maximum Gasteiger partial charge on any atom is 0.251 e. The Labute approximate surface area is 205 Å². The molecule has 0 unspecified atom stereocenters. The number of hydrogen-bond donors (Lipinski definition) is 3. The second kappa shape index (κ2) is 10.4. The van der Waals surface area contributed by atoms with Gasteiger partial charge >= 0.3 is 0 Å². The van der Waals surface area contributed by atoms with Gasteiger partial charge in [0, 0.05) is 34.8 Å². The van der Waals surface area contributed by atoms with Crippen molar-refractivity contribution in [1.82, 2.24) is 15.3 Å². The fourth-order valence-corrected chi connectivity index (χ4v) is 5.28. The molecule has 182 valence electrons. The average Bonchev–Trinajstić information content (AvgIpc) is 3.33. The standard InChI is InChI=1S/C28H33N5O2/c1-29-21-13-11-20(12-14-21)28(35)31-23-15-16-24-25(17-23)33-26(32-24)18-7-9-19(10-8-18)27(34)30-22-5-3-2-4-6-22/h7-10,15-17,20-22H,1-6,11-14H2,(H,30,34)(H,31,35)(H,32,33). The second-order valence-corrected chi connectivity index (χ2v) is 9.88. The highest BCUT2D eigenvalue weighted by atomic mass is 16.2. The molecule has 3 aromatic rings. The summed E-state index contributed by atoms with van der Waals surface area (Å²) < 4.78 is 0. The number of aliphatic imine (C=N–C) groups is 1. The predicted molar refractivity (Wildman–Crippen MR) is 140 cm³/mol. The van der Waals surface area contributed by atoms with Gasteiger partial charge in [-0.25, -0.2) is 4.98 Å². The first-order valence-electron chi connectivity index (χ1n) is 12.8. The second-order valence-electron chi connectivity index (χ2n) is 9.88. The summed E-state index contributed by atoms with van der Waals surface area (Å²) in [4.78, 5) is 37.5. The molecule has 1 heterocycles. The van der Waals surface area contributed by atoms with Gasteiger partial charge in [-0.3, -0.25) is 14.6 Å². The molecule has 0 saturated heterocycles. The lowest BCUT2D eigenvalue weighted by Gasteiger charge is -2.25. The highest BCUT2D eigenvalue weighted by Gasteiger charge is 2.25. The van der Waals surface area contributed by atoms with Crippen molar-refractivity contribution >= 4 is 35.3 Å². The van der Waals surface area contributed by atoms with Gasteiger partial charge in [0.05, 0.1) is 11.0 Å². The van der Waals surface area contributed by atoms with E-state index >= 15 is 0 Å². The molecule has 7 nitrogen and oxygen atoms in total. The number of aromatic nitrogens is 2. The molecule has 1 aromatic heterocycles. The number of fused-ring (bicyclic) bond motifs is 1. The van der Waals surface area contributed by atoms with E-state index in [1.54, 1.807) is 0 Å². The van der Waals surface area contributed by atoms with Gasteiger partial charge in [0.2, 0.25) is 5.91 Å². The monoisotopic (exact) mass is 471 g/mol. The lowest BCUT2D eigenvalue weighted by molar-refractivity contribution is -0.120. The number of H-pyrrole nitrogens is 1. The van der Waals surface area contributed by atoms with Gasteiger partial charge in [-0.05, 0) is 75.6 Å². The first-order chi connectivity index (χ1) is 17.1. The van der Waals surface area contributed by atoms with Crippen LogP contribution in [0.1, 0.15) is 68.1 Å². The van der Waals surface area contributed by atoms with E-state index in [1.165, 1.54) is 19.3 Å². The number of aromatic amines is 1. The Morgan fingerprint density at radius 3 is 2.40 bits per heavy atom. The largest absolute Gasteiger partial charge is 0.349 e. The van der Waals surface area contributed by atoms with Crippen molar-refractivity contribution in [1.29, 1.82) is 0 Å². The Morgan fingerprint density at radius 2 is 1.69 bits per heavy atom. The third kappa shape index (κ3) is 5.45. The first-order valence-corrected chi connectivity index (χ1v) is 12.8. The van der Waals surface area contributed by atoms with Gasteiger partial charge in [0.1, 0.15) is 5.82 Å². The van der Waals surface area contributed by atoms with Gasteiger partial charge in [-0.2, -0.15) is 0 Å². The highest BCUT2D eigenvalue weighted by molar-refractivity contribution is 5.96. The molecule has 2 aliphatic rings. The van der Waals surface area contributed by atoms with Crippen LogP contribution in [0.5, 0.6) is 0 Å². The number of carbonyl (C=O) groups is 2. The summed E-state index contributed by atoms with van der Waals surface area (Å²) in [6.07, 6.45) is 9.32.